The average molecular weight is 196 g/mol. The molecule has 0 nitrogen and oxygen atoms in total. The fourth-order valence-corrected chi connectivity index (χ4v) is 3.06. The van der Waals surface area contributed by atoms with Crippen LogP contribution in [0.3, 0.4) is 0 Å². The Morgan fingerprint density at radius 3 is 2.80 bits per heavy atom. The van der Waals surface area contributed by atoms with Gasteiger partial charge in [-0.1, -0.05) is 30.2 Å². The smallest absolute Gasteiger partial charge is 0.0381 e. The molecule has 2 aliphatic carbocycles. The first-order valence-electron chi connectivity index (χ1n) is 5.91. The highest BCUT2D eigenvalue weighted by Gasteiger charge is 2.49. The minimum Gasteiger partial charge on any atom is -0.119 e. The summed E-state index contributed by atoms with van der Waals surface area (Å²) < 4.78 is 0. The predicted molar refractivity (Wildman–Crippen MR) is 62.6 cm³/mol. The Hall–Kier alpha value is -1.22. The summed E-state index contributed by atoms with van der Waals surface area (Å²) in [5, 5.41) is 0. The van der Waals surface area contributed by atoms with E-state index in [2.05, 4.69) is 30.2 Å². The lowest BCUT2D eigenvalue weighted by molar-refractivity contribution is 0.438. The molecule has 0 radical (unpaired) electrons. The number of terminal acetylenes is 1. The topological polar surface area (TPSA) is 0 Å². The van der Waals surface area contributed by atoms with Crippen molar-refractivity contribution in [3.63, 3.8) is 0 Å². The molecule has 1 atom stereocenters. The van der Waals surface area contributed by atoms with Gasteiger partial charge >= 0.3 is 0 Å². The maximum absolute atomic E-state index is 5.71. The summed E-state index contributed by atoms with van der Waals surface area (Å²) in [6.07, 6.45) is 12.0. The Bertz CT molecular complexity index is 418. The first kappa shape index (κ1) is 9.04. The minimum absolute atomic E-state index is 0.233. The first-order valence-corrected chi connectivity index (χ1v) is 5.91. The molecule has 1 aromatic rings. The van der Waals surface area contributed by atoms with E-state index < -0.39 is 0 Å². The summed E-state index contributed by atoms with van der Waals surface area (Å²) in [6, 6.07) is 8.87. The van der Waals surface area contributed by atoms with Crippen molar-refractivity contribution in [3.8, 4) is 12.3 Å². The Morgan fingerprint density at radius 2 is 2.07 bits per heavy atom. The normalized spacial score (nSPS) is 26.5. The van der Waals surface area contributed by atoms with Gasteiger partial charge in [-0.15, -0.1) is 6.42 Å². The fraction of sp³-hybridized carbons (Fsp3) is 0.467. The molecule has 1 fully saturated rings. The predicted octanol–water partition coefficient (Wildman–Crippen LogP) is 3.52. The molecule has 2 aliphatic rings. The van der Waals surface area contributed by atoms with Crippen LogP contribution in [0.2, 0.25) is 0 Å². The highest BCUT2D eigenvalue weighted by Crippen LogP contribution is 2.58. The maximum Gasteiger partial charge on any atom is 0.0381 e. The van der Waals surface area contributed by atoms with Gasteiger partial charge in [-0.05, 0) is 43.2 Å². The lowest BCUT2D eigenvalue weighted by Crippen LogP contribution is -2.18. The molecule has 0 heterocycles. The van der Waals surface area contributed by atoms with Crippen molar-refractivity contribution in [2.24, 2.45) is 5.41 Å². The number of fused-ring (bicyclic) bond motifs is 1. The molecule has 15 heavy (non-hydrogen) atoms. The van der Waals surface area contributed by atoms with E-state index in [-0.39, 0.29) is 5.41 Å². The van der Waals surface area contributed by atoms with E-state index in [1.807, 2.05) is 0 Å². The quantitative estimate of drug-likeness (QED) is 0.603. The van der Waals surface area contributed by atoms with Crippen molar-refractivity contribution < 1.29 is 0 Å². The first-order chi connectivity index (χ1) is 7.36. The molecule has 0 saturated heterocycles. The molecular weight excluding hydrogens is 180 g/mol. The van der Waals surface area contributed by atoms with E-state index in [0.717, 1.165) is 0 Å². The third-order valence-corrected chi connectivity index (χ3v) is 4.11. The minimum atomic E-state index is 0.233. The highest BCUT2D eigenvalue weighted by molar-refractivity contribution is 5.38. The van der Waals surface area contributed by atoms with Crippen LogP contribution < -0.4 is 0 Å². The Morgan fingerprint density at radius 1 is 1.27 bits per heavy atom. The molecule has 0 N–H and O–H groups in total. The zero-order valence-electron chi connectivity index (χ0n) is 9.00. The third-order valence-electron chi connectivity index (χ3n) is 4.11. The monoisotopic (exact) mass is 196 g/mol. The van der Waals surface area contributed by atoms with Crippen molar-refractivity contribution >= 4 is 0 Å². The van der Waals surface area contributed by atoms with E-state index in [0.29, 0.717) is 5.92 Å². The second-order valence-corrected chi connectivity index (χ2v) is 4.94. The van der Waals surface area contributed by atoms with Gasteiger partial charge in [-0.3, -0.25) is 0 Å². The summed E-state index contributed by atoms with van der Waals surface area (Å²) in [7, 11) is 0. The number of rotatable bonds is 1. The molecule has 76 valence electrons. The van der Waals surface area contributed by atoms with Gasteiger partial charge in [-0.2, -0.15) is 0 Å². The fourth-order valence-electron chi connectivity index (χ4n) is 3.06. The molecule has 0 heteroatoms. The van der Waals surface area contributed by atoms with Gasteiger partial charge in [-0.25, -0.2) is 0 Å². The molecule has 0 aliphatic heterocycles. The molecule has 0 aromatic heterocycles. The molecule has 1 unspecified atom stereocenters. The third kappa shape index (κ3) is 1.30. The Labute approximate surface area is 91.7 Å². The number of benzene rings is 1. The molecule has 0 bridgehead atoms. The molecule has 1 aromatic carbocycles. The van der Waals surface area contributed by atoms with Crippen LogP contribution in [-0.2, 0) is 6.42 Å². The van der Waals surface area contributed by atoms with Gasteiger partial charge in [0.05, 0.1) is 0 Å². The summed E-state index contributed by atoms with van der Waals surface area (Å²) in [5.74, 6) is 3.71. The lowest BCUT2D eigenvalue weighted by Gasteiger charge is -2.29. The second-order valence-electron chi connectivity index (χ2n) is 4.94. The van der Waals surface area contributed by atoms with Crippen LogP contribution in [-0.4, -0.2) is 0 Å². The highest BCUT2D eigenvalue weighted by atomic mass is 14.5. The number of hydrogen-bond donors (Lipinski definition) is 0. The second kappa shape index (κ2) is 3.14. The standard InChI is InChI=1S/C15H16/c1-2-15(10-11-15)14-9-5-7-12-6-3-4-8-13(12)14/h1,3-4,6,8,14H,5,7,9-11H2. The van der Waals surface area contributed by atoms with E-state index in [9.17, 15) is 0 Å². The molecule has 0 amide bonds. The molecule has 0 spiro atoms. The van der Waals surface area contributed by atoms with Gasteiger partial charge in [0.1, 0.15) is 0 Å². The van der Waals surface area contributed by atoms with Crippen LogP contribution in [0, 0.1) is 17.8 Å². The largest absolute Gasteiger partial charge is 0.119 e. The van der Waals surface area contributed by atoms with Gasteiger partial charge < -0.3 is 0 Å². The van der Waals surface area contributed by atoms with E-state index in [1.54, 1.807) is 5.56 Å². The van der Waals surface area contributed by atoms with Crippen molar-refractivity contribution in [1.29, 1.82) is 0 Å². The van der Waals surface area contributed by atoms with E-state index in [4.69, 9.17) is 6.42 Å². The summed E-state index contributed by atoms with van der Waals surface area (Å²) in [6.45, 7) is 0. The Balaban J connectivity index is 2.04. The van der Waals surface area contributed by atoms with Crippen LogP contribution in [0.4, 0.5) is 0 Å². The van der Waals surface area contributed by atoms with Crippen molar-refractivity contribution in [3.05, 3.63) is 35.4 Å². The molecule has 3 rings (SSSR count). The van der Waals surface area contributed by atoms with Crippen molar-refractivity contribution in [1.82, 2.24) is 0 Å². The van der Waals surface area contributed by atoms with Crippen LogP contribution in [0.5, 0.6) is 0 Å². The zero-order chi connectivity index (χ0) is 10.3. The molecule has 1 saturated carbocycles. The number of hydrogen-bond acceptors (Lipinski definition) is 0. The SMILES string of the molecule is C#CC1(C2CCCc3ccccc32)CC1. The summed E-state index contributed by atoms with van der Waals surface area (Å²) in [4.78, 5) is 0. The van der Waals surface area contributed by atoms with Crippen molar-refractivity contribution in [2.45, 2.75) is 38.0 Å². The molecular formula is C15H16. The van der Waals surface area contributed by atoms with E-state index >= 15 is 0 Å². The maximum atomic E-state index is 5.71. The number of aryl methyl sites for hydroxylation is 1. The van der Waals surface area contributed by atoms with Gasteiger partial charge in [0.2, 0.25) is 0 Å². The summed E-state index contributed by atoms with van der Waals surface area (Å²) in [5.41, 5.74) is 3.31. The van der Waals surface area contributed by atoms with Gasteiger partial charge in [0.25, 0.3) is 0 Å². The van der Waals surface area contributed by atoms with Crippen LogP contribution in [0.1, 0.15) is 42.7 Å². The van der Waals surface area contributed by atoms with Gasteiger partial charge in [0, 0.05) is 11.3 Å². The average Bonchev–Trinajstić information content (AvgIpc) is 3.09. The summed E-state index contributed by atoms with van der Waals surface area (Å²) >= 11 is 0. The van der Waals surface area contributed by atoms with Crippen LogP contribution in [0.25, 0.3) is 0 Å². The Kier molecular flexibility index (Phi) is 1.89. The van der Waals surface area contributed by atoms with Gasteiger partial charge in [0.15, 0.2) is 0 Å². The zero-order valence-corrected chi connectivity index (χ0v) is 9.00. The lowest BCUT2D eigenvalue weighted by atomic mass is 9.74. The van der Waals surface area contributed by atoms with Crippen molar-refractivity contribution in [2.75, 3.05) is 0 Å². The van der Waals surface area contributed by atoms with Crippen LogP contribution >= 0.6 is 0 Å². The van der Waals surface area contributed by atoms with Crippen LogP contribution in [0.15, 0.2) is 24.3 Å². The van der Waals surface area contributed by atoms with E-state index in [1.165, 1.54) is 37.7 Å².